The van der Waals surface area contributed by atoms with Crippen LogP contribution in [0.1, 0.15) is 37.3 Å². The van der Waals surface area contributed by atoms with Crippen LogP contribution in [0, 0.1) is 11.3 Å². The molecule has 6 heteroatoms. The number of nitriles is 1. The van der Waals surface area contributed by atoms with Gasteiger partial charge in [-0.1, -0.05) is 36.4 Å². The zero-order valence-electron chi connectivity index (χ0n) is 15.6. The van der Waals surface area contributed by atoms with Crippen molar-refractivity contribution < 1.29 is 13.2 Å². The van der Waals surface area contributed by atoms with Crippen molar-refractivity contribution >= 4 is 10.0 Å². The number of nitrogens with zero attached hydrogens (tertiary/aromatic N) is 1. The molecule has 1 fully saturated rings. The highest BCUT2D eigenvalue weighted by Crippen LogP contribution is 2.30. The summed E-state index contributed by atoms with van der Waals surface area (Å²) in [6.07, 6.45) is 0.779. The maximum absolute atomic E-state index is 12.3. The van der Waals surface area contributed by atoms with Crippen LogP contribution in [0.2, 0.25) is 0 Å². The van der Waals surface area contributed by atoms with Crippen molar-refractivity contribution in [3.8, 4) is 17.2 Å². The van der Waals surface area contributed by atoms with E-state index in [0.29, 0.717) is 18.8 Å². The van der Waals surface area contributed by atoms with Crippen LogP contribution in [0.5, 0.6) is 0 Å². The van der Waals surface area contributed by atoms with Crippen LogP contribution in [0.3, 0.4) is 0 Å². The summed E-state index contributed by atoms with van der Waals surface area (Å²) >= 11 is 0. The molecule has 0 aliphatic carbocycles. The number of ether oxygens (including phenoxy) is 1. The average molecular weight is 385 g/mol. The van der Waals surface area contributed by atoms with Crippen molar-refractivity contribution in [2.75, 3.05) is 13.2 Å². The van der Waals surface area contributed by atoms with E-state index in [1.54, 1.807) is 26.0 Å². The molecule has 0 aromatic heterocycles. The lowest BCUT2D eigenvalue weighted by Crippen LogP contribution is -2.47. The Hall–Kier alpha value is -2.20. The van der Waals surface area contributed by atoms with E-state index in [0.717, 1.165) is 23.1 Å². The molecule has 27 heavy (non-hydrogen) atoms. The van der Waals surface area contributed by atoms with Crippen LogP contribution < -0.4 is 4.72 Å². The molecule has 0 saturated carbocycles. The minimum absolute atomic E-state index is 0.0855. The smallest absolute Gasteiger partial charge is 0.214 e. The zero-order chi connectivity index (χ0) is 19.4. The highest BCUT2D eigenvalue weighted by molar-refractivity contribution is 7.90. The summed E-state index contributed by atoms with van der Waals surface area (Å²) in [5, 5.41) is 8.44. The molecule has 2 unspecified atom stereocenters. The molecule has 2 atom stereocenters. The monoisotopic (exact) mass is 384 g/mol. The first-order valence-corrected chi connectivity index (χ1v) is 10.6. The summed E-state index contributed by atoms with van der Waals surface area (Å²) < 4.78 is 32.9. The summed E-state index contributed by atoms with van der Waals surface area (Å²) in [6, 6.07) is 17.5. The number of hydrogen-bond donors (Lipinski definition) is 1. The van der Waals surface area contributed by atoms with Crippen LogP contribution >= 0.6 is 0 Å². The van der Waals surface area contributed by atoms with Gasteiger partial charge in [-0.3, -0.25) is 0 Å². The van der Waals surface area contributed by atoms with Gasteiger partial charge in [0, 0.05) is 12.5 Å². The Morgan fingerprint density at radius 1 is 1.07 bits per heavy atom. The van der Waals surface area contributed by atoms with Gasteiger partial charge in [0.1, 0.15) is 0 Å². The second kappa shape index (κ2) is 8.22. The van der Waals surface area contributed by atoms with Crippen molar-refractivity contribution in [3.63, 3.8) is 0 Å². The van der Waals surface area contributed by atoms with E-state index >= 15 is 0 Å². The van der Waals surface area contributed by atoms with Crippen LogP contribution in [0.4, 0.5) is 0 Å². The van der Waals surface area contributed by atoms with E-state index in [1.165, 1.54) is 0 Å². The third-order valence-electron chi connectivity index (χ3n) is 4.98. The fourth-order valence-electron chi connectivity index (χ4n) is 3.26. The van der Waals surface area contributed by atoms with Crippen LogP contribution in [-0.4, -0.2) is 32.9 Å². The van der Waals surface area contributed by atoms with Crippen LogP contribution in [0.25, 0.3) is 11.1 Å². The number of rotatable bonds is 5. The molecule has 1 aliphatic heterocycles. The molecule has 3 rings (SSSR count). The van der Waals surface area contributed by atoms with Gasteiger partial charge in [-0.05, 0) is 49.1 Å². The number of benzene rings is 2. The van der Waals surface area contributed by atoms with Crippen LogP contribution in [0.15, 0.2) is 48.5 Å². The Bertz CT molecular complexity index is 913. The van der Waals surface area contributed by atoms with Gasteiger partial charge in [0.15, 0.2) is 0 Å². The fourth-order valence-corrected chi connectivity index (χ4v) is 4.19. The van der Waals surface area contributed by atoms with Gasteiger partial charge in [-0.25, -0.2) is 13.1 Å². The van der Waals surface area contributed by atoms with Crippen molar-refractivity contribution in [3.05, 3.63) is 59.7 Å². The lowest BCUT2D eigenvalue weighted by molar-refractivity contribution is 0.0644. The molecular formula is C21H24N2O3S. The average Bonchev–Trinajstić information content (AvgIpc) is 2.68. The minimum atomic E-state index is -3.35. The summed E-state index contributed by atoms with van der Waals surface area (Å²) in [5.41, 5.74) is 3.85. The highest BCUT2D eigenvalue weighted by Gasteiger charge is 2.31. The lowest BCUT2D eigenvalue weighted by atomic mass is 9.87. The highest BCUT2D eigenvalue weighted by atomic mass is 32.2. The van der Waals surface area contributed by atoms with E-state index in [2.05, 4.69) is 22.9 Å². The first-order valence-electron chi connectivity index (χ1n) is 9.10. The van der Waals surface area contributed by atoms with Crippen molar-refractivity contribution in [1.82, 2.24) is 4.72 Å². The molecule has 142 valence electrons. The molecule has 1 aliphatic rings. The van der Waals surface area contributed by atoms with Gasteiger partial charge >= 0.3 is 0 Å². The largest absolute Gasteiger partial charge is 0.380 e. The summed E-state index contributed by atoms with van der Waals surface area (Å²) in [4.78, 5) is 0. The quantitative estimate of drug-likeness (QED) is 0.857. The molecule has 1 heterocycles. The topological polar surface area (TPSA) is 79.2 Å². The SMILES string of the molecule is CC(C)S(=O)(=O)NC1COCCC1c1ccc(-c2ccc(C#N)cc2)cc1. The van der Waals surface area contributed by atoms with Gasteiger partial charge < -0.3 is 4.74 Å². The van der Waals surface area contributed by atoms with Crippen molar-refractivity contribution in [1.29, 1.82) is 5.26 Å². The summed E-state index contributed by atoms with van der Waals surface area (Å²) in [7, 11) is -3.35. The fraction of sp³-hybridized carbons (Fsp3) is 0.381. The Labute approximate surface area is 161 Å². The number of hydrogen-bond acceptors (Lipinski definition) is 4. The second-order valence-corrected chi connectivity index (χ2v) is 9.37. The van der Waals surface area contributed by atoms with Crippen LogP contribution in [-0.2, 0) is 14.8 Å². The van der Waals surface area contributed by atoms with Gasteiger partial charge in [0.25, 0.3) is 0 Å². The molecule has 5 nitrogen and oxygen atoms in total. The Morgan fingerprint density at radius 2 is 1.67 bits per heavy atom. The Kier molecular flexibility index (Phi) is 5.95. The second-order valence-electron chi connectivity index (χ2n) is 7.10. The first kappa shape index (κ1) is 19.6. The predicted octanol–water partition coefficient (Wildman–Crippen LogP) is 3.43. The van der Waals surface area contributed by atoms with E-state index in [9.17, 15) is 8.42 Å². The third kappa shape index (κ3) is 4.56. The van der Waals surface area contributed by atoms with Crippen molar-refractivity contribution in [2.45, 2.75) is 37.5 Å². The molecule has 1 saturated heterocycles. The molecule has 0 spiro atoms. The maximum atomic E-state index is 12.3. The predicted molar refractivity (Wildman–Crippen MR) is 106 cm³/mol. The van der Waals surface area contributed by atoms with Gasteiger partial charge in [-0.2, -0.15) is 5.26 Å². The molecule has 0 bridgehead atoms. The molecule has 1 N–H and O–H groups in total. The number of sulfonamides is 1. The van der Waals surface area contributed by atoms with E-state index in [-0.39, 0.29) is 12.0 Å². The van der Waals surface area contributed by atoms with Gasteiger partial charge in [0.05, 0.1) is 29.5 Å². The van der Waals surface area contributed by atoms with Gasteiger partial charge in [-0.15, -0.1) is 0 Å². The molecule has 0 amide bonds. The Balaban J connectivity index is 1.80. The normalized spacial score (nSPS) is 20.4. The first-order chi connectivity index (χ1) is 12.9. The molecule has 2 aromatic rings. The zero-order valence-corrected chi connectivity index (χ0v) is 16.4. The lowest BCUT2D eigenvalue weighted by Gasteiger charge is -2.33. The Morgan fingerprint density at radius 3 is 2.22 bits per heavy atom. The van der Waals surface area contributed by atoms with Gasteiger partial charge in [0.2, 0.25) is 10.0 Å². The third-order valence-corrected chi connectivity index (χ3v) is 6.85. The molecular weight excluding hydrogens is 360 g/mol. The molecule has 0 radical (unpaired) electrons. The standard InChI is InChI=1S/C21H24N2O3S/c1-15(2)27(24,25)23-21-14-26-12-11-20(21)19-9-7-18(8-10-19)17-5-3-16(13-22)4-6-17/h3-10,15,20-21,23H,11-12,14H2,1-2H3. The van der Waals surface area contributed by atoms with E-state index in [4.69, 9.17) is 10.00 Å². The summed E-state index contributed by atoms with van der Waals surface area (Å²) in [5.74, 6) is 0.0855. The van der Waals surface area contributed by atoms with Crippen molar-refractivity contribution in [2.24, 2.45) is 0 Å². The van der Waals surface area contributed by atoms with E-state index < -0.39 is 15.3 Å². The molecule has 2 aromatic carbocycles. The number of nitrogens with one attached hydrogen (secondary N) is 1. The maximum Gasteiger partial charge on any atom is 0.214 e. The minimum Gasteiger partial charge on any atom is -0.380 e. The summed E-state index contributed by atoms with van der Waals surface area (Å²) in [6.45, 7) is 4.36. The van der Waals surface area contributed by atoms with E-state index in [1.807, 2.05) is 24.3 Å².